The molecule has 0 amide bonds. The van der Waals surface area contributed by atoms with Gasteiger partial charge in [0, 0.05) is 12.9 Å². The fourth-order valence-corrected chi connectivity index (χ4v) is 2.64. The first-order valence-corrected chi connectivity index (χ1v) is 9.93. The maximum Gasteiger partial charge on any atom is 0.300 e. The number of aliphatic carboxylic acids is 2. The highest BCUT2D eigenvalue weighted by molar-refractivity contribution is 5.63. The van der Waals surface area contributed by atoms with Crippen molar-refractivity contribution in [2.75, 3.05) is 26.2 Å². The lowest BCUT2D eigenvalue weighted by atomic mass is 10.1. The van der Waals surface area contributed by atoms with E-state index in [0.29, 0.717) is 0 Å². The number of carbonyl (C=O) groups excluding carboxylic acids is 1. The van der Waals surface area contributed by atoms with Gasteiger partial charge < -0.3 is 52.3 Å². The molecule has 0 saturated carbocycles. The largest absolute Gasteiger partial charge is 0.550 e. The number of unbranched alkanes of at least 4 members (excludes halogenated alkanes) is 4. The molecule has 0 heterocycles. The molecule has 31 heavy (non-hydrogen) atoms. The Bertz CT molecular complexity index is 261. The number of carboxylic acids is 2. The number of carbonyl (C=O) groups is 2. The van der Waals surface area contributed by atoms with Crippen LogP contribution in [-0.4, -0.2) is 80.6 Å². The second kappa shape index (κ2) is 42.7. The highest BCUT2D eigenvalue weighted by Crippen LogP contribution is 2.16. The third kappa shape index (κ3) is 58.5. The predicted octanol–water partition coefficient (Wildman–Crippen LogP) is -1.10. The minimum Gasteiger partial charge on any atom is -0.550 e. The molecule has 0 bridgehead atoms. The van der Waals surface area contributed by atoms with Gasteiger partial charge in [0.1, 0.15) is 0 Å². The fourth-order valence-electron chi connectivity index (χ4n) is 2.64. The molecule has 0 aromatic carbocycles. The summed E-state index contributed by atoms with van der Waals surface area (Å²) < 4.78 is 1.42. The number of quaternary nitrogens is 1. The fraction of sp³-hybridized carbons (Fsp3) is 0.900. The summed E-state index contributed by atoms with van der Waals surface area (Å²) >= 11 is 0. The third-order valence-electron chi connectivity index (χ3n) is 3.94. The number of carboxylic acid groups (broad SMARTS) is 2. The second-order valence-electron chi connectivity index (χ2n) is 6.66. The van der Waals surface area contributed by atoms with Gasteiger partial charge in [-0.05, 0) is 32.6 Å². The highest BCUT2D eigenvalue weighted by atomic mass is 16.4. The van der Waals surface area contributed by atoms with E-state index in [0.717, 1.165) is 13.8 Å². The van der Waals surface area contributed by atoms with Crippen LogP contribution in [0.2, 0.25) is 0 Å². The lowest BCUT2D eigenvalue weighted by Crippen LogP contribution is -2.50. The Morgan fingerprint density at radius 3 is 0.839 bits per heavy atom. The number of rotatable bonds is 12. The molecule has 0 aliphatic carbocycles. The number of nitrogens with zero attached hydrogens (tertiary/aromatic N) is 1. The Balaban J connectivity index is -0.0000000429. The van der Waals surface area contributed by atoms with Crippen molar-refractivity contribution in [3.63, 3.8) is 0 Å². The van der Waals surface area contributed by atoms with Crippen molar-refractivity contribution in [1.29, 1.82) is 0 Å². The third-order valence-corrected chi connectivity index (χ3v) is 3.94. The van der Waals surface area contributed by atoms with Crippen LogP contribution in [0.25, 0.3) is 0 Å². The summed E-state index contributed by atoms with van der Waals surface area (Å²) in [5.41, 5.74) is 0. The van der Waals surface area contributed by atoms with E-state index < -0.39 is 11.9 Å². The van der Waals surface area contributed by atoms with E-state index in [-0.39, 0.29) is 32.9 Å². The molecule has 0 aliphatic rings. The predicted molar refractivity (Wildman–Crippen MR) is 125 cm³/mol. The van der Waals surface area contributed by atoms with Crippen LogP contribution in [0, 0.1) is 0 Å². The Morgan fingerprint density at radius 1 is 0.613 bits per heavy atom. The lowest BCUT2D eigenvalue weighted by molar-refractivity contribution is -0.929. The molecule has 0 saturated heterocycles. The van der Waals surface area contributed by atoms with Crippen LogP contribution in [0.15, 0.2) is 0 Å². The second-order valence-corrected chi connectivity index (χ2v) is 6.66. The quantitative estimate of drug-likeness (QED) is 0.348. The van der Waals surface area contributed by atoms with Crippen molar-refractivity contribution >= 4 is 11.9 Å². The van der Waals surface area contributed by atoms with Crippen LogP contribution in [0.5, 0.6) is 0 Å². The minimum atomic E-state index is -1.08. The van der Waals surface area contributed by atoms with Gasteiger partial charge in [0.2, 0.25) is 0 Å². The molecule has 200 valence electrons. The average Bonchev–Trinajstić information content (AvgIpc) is 2.52. The van der Waals surface area contributed by atoms with E-state index in [9.17, 15) is 0 Å². The van der Waals surface area contributed by atoms with Crippen molar-refractivity contribution < 1.29 is 57.1 Å². The SMILES string of the molecule is CC(=O)O.CC(=O)[O-].CCCC[N+](CCCC)(CCCC)CCCC.O.O.O.O.O.O. The first-order valence-electron chi connectivity index (χ1n) is 9.93. The summed E-state index contributed by atoms with van der Waals surface area (Å²) in [5.74, 6) is -1.92. The molecule has 0 unspecified atom stereocenters. The zero-order valence-electron chi connectivity index (χ0n) is 20.6. The average molecular weight is 470 g/mol. The molecule has 0 spiro atoms. The first-order chi connectivity index (χ1) is 11.7. The molecule has 0 aromatic rings. The van der Waals surface area contributed by atoms with Gasteiger partial charge in [-0.1, -0.05) is 53.4 Å². The molecule has 0 atom stereocenters. The topological polar surface area (TPSA) is 266 Å². The van der Waals surface area contributed by atoms with Gasteiger partial charge in [0.25, 0.3) is 5.97 Å². The van der Waals surface area contributed by atoms with Crippen molar-refractivity contribution in [3.8, 4) is 0 Å². The smallest absolute Gasteiger partial charge is 0.300 e. The number of hydrogen-bond acceptors (Lipinski definition) is 3. The van der Waals surface area contributed by atoms with Gasteiger partial charge in [-0.25, -0.2) is 0 Å². The molecule has 0 radical (unpaired) electrons. The van der Waals surface area contributed by atoms with Crippen LogP contribution < -0.4 is 5.11 Å². The van der Waals surface area contributed by atoms with Gasteiger partial charge in [-0.2, -0.15) is 0 Å². The monoisotopic (exact) mass is 469 g/mol. The Hall–Kier alpha value is -1.34. The van der Waals surface area contributed by atoms with Gasteiger partial charge >= 0.3 is 0 Å². The highest BCUT2D eigenvalue weighted by Gasteiger charge is 2.24. The van der Waals surface area contributed by atoms with E-state index in [4.69, 9.17) is 19.8 Å². The Labute approximate surface area is 188 Å². The van der Waals surface area contributed by atoms with Gasteiger partial charge in [-0.15, -0.1) is 0 Å². The van der Waals surface area contributed by atoms with Crippen LogP contribution in [-0.2, 0) is 9.59 Å². The van der Waals surface area contributed by atoms with Crippen LogP contribution in [0.4, 0.5) is 0 Å². The van der Waals surface area contributed by atoms with Gasteiger partial charge in [0.15, 0.2) is 0 Å². The van der Waals surface area contributed by atoms with Crippen molar-refractivity contribution in [2.45, 2.75) is 92.9 Å². The van der Waals surface area contributed by atoms with Crippen LogP contribution >= 0.6 is 0 Å². The maximum atomic E-state index is 9.00. The molecule has 11 nitrogen and oxygen atoms in total. The summed E-state index contributed by atoms with van der Waals surface area (Å²) in [4.78, 5) is 17.9. The van der Waals surface area contributed by atoms with E-state index in [1.165, 1.54) is 82.0 Å². The Kier molecular flexibility index (Phi) is 78.6. The molecule has 13 N–H and O–H groups in total. The van der Waals surface area contributed by atoms with Crippen LogP contribution in [0.3, 0.4) is 0 Å². The number of hydrogen-bond donors (Lipinski definition) is 1. The molecule has 11 heteroatoms. The van der Waals surface area contributed by atoms with Crippen LogP contribution in [0.1, 0.15) is 92.9 Å². The molecular formula is C20H55NO10. The molecule has 0 aromatic heterocycles. The first kappa shape index (κ1) is 57.1. The zero-order valence-corrected chi connectivity index (χ0v) is 20.6. The van der Waals surface area contributed by atoms with Gasteiger partial charge in [-0.3, -0.25) is 4.79 Å². The molecule has 0 aliphatic heterocycles. The van der Waals surface area contributed by atoms with E-state index in [1.54, 1.807) is 0 Å². The van der Waals surface area contributed by atoms with E-state index in [2.05, 4.69) is 27.7 Å². The summed E-state index contributed by atoms with van der Waals surface area (Å²) in [6.45, 7) is 17.1. The maximum absolute atomic E-state index is 9.00. The Morgan fingerprint density at radius 2 is 0.742 bits per heavy atom. The molecular weight excluding hydrogens is 414 g/mol. The normalized spacial score (nSPS) is 8.19. The summed E-state index contributed by atoms with van der Waals surface area (Å²) in [7, 11) is 0. The molecule has 0 rings (SSSR count). The summed E-state index contributed by atoms with van der Waals surface area (Å²) in [6, 6.07) is 0. The van der Waals surface area contributed by atoms with Crippen molar-refractivity contribution in [3.05, 3.63) is 0 Å². The van der Waals surface area contributed by atoms with Crippen molar-refractivity contribution in [1.82, 2.24) is 0 Å². The van der Waals surface area contributed by atoms with E-state index >= 15 is 0 Å². The minimum absolute atomic E-state index is 0. The zero-order chi connectivity index (χ0) is 20.1. The standard InChI is InChI=1S/C16H36N.2C2H4O2.6H2O/c1-5-9-13-17(14-10-6-2,15-11-7-3)16-12-8-4;2*1-2(3)4;;;;;;/h5-16H2,1-4H3;2*1H3,(H,3,4);6*1H2/q+1;;;;;;;;/p-1. The lowest BCUT2D eigenvalue weighted by Gasteiger charge is -2.39. The summed E-state index contributed by atoms with van der Waals surface area (Å²) in [5, 5.41) is 16.3. The van der Waals surface area contributed by atoms with E-state index in [1.807, 2.05) is 0 Å². The summed E-state index contributed by atoms with van der Waals surface area (Å²) in [6.07, 6.45) is 11.1. The van der Waals surface area contributed by atoms with Crippen molar-refractivity contribution in [2.24, 2.45) is 0 Å². The van der Waals surface area contributed by atoms with Gasteiger partial charge in [0.05, 0.1) is 26.2 Å². The molecule has 0 fully saturated rings.